The van der Waals surface area contributed by atoms with Crippen LogP contribution in [-0.4, -0.2) is 67.7 Å². The molecule has 0 amide bonds. The van der Waals surface area contributed by atoms with Crippen LogP contribution in [0.4, 0.5) is 0 Å². The fourth-order valence-electron chi connectivity index (χ4n) is 1.93. The summed E-state index contributed by atoms with van der Waals surface area (Å²) in [6, 6.07) is 2.08. The molecule has 6 nitrogen and oxygen atoms in total. The molecule has 1 rings (SSSR count). The molecular weight excluding hydrogens is 240 g/mol. The molecule has 0 aromatic carbocycles. The van der Waals surface area contributed by atoms with Crippen molar-refractivity contribution in [3.8, 4) is 6.07 Å². The van der Waals surface area contributed by atoms with Crippen molar-refractivity contribution in [3.05, 3.63) is 0 Å². The summed E-state index contributed by atoms with van der Waals surface area (Å²) in [5.41, 5.74) is 0. The molecule has 0 aromatic heterocycles. The Kier molecular flexibility index (Phi) is 5.33. The van der Waals surface area contributed by atoms with Gasteiger partial charge in [0.25, 0.3) is 10.2 Å². The van der Waals surface area contributed by atoms with Crippen LogP contribution in [0.15, 0.2) is 0 Å². The Morgan fingerprint density at radius 2 is 1.71 bits per heavy atom. The second-order valence-corrected chi connectivity index (χ2v) is 5.85. The highest BCUT2D eigenvalue weighted by molar-refractivity contribution is 7.86. The van der Waals surface area contributed by atoms with E-state index < -0.39 is 10.2 Å². The van der Waals surface area contributed by atoms with E-state index in [1.165, 1.54) is 8.61 Å². The van der Waals surface area contributed by atoms with Crippen molar-refractivity contribution in [1.29, 1.82) is 5.26 Å². The number of piperazine rings is 1. The van der Waals surface area contributed by atoms with Gasteiger partial charge in [-0.3, -0.25) is 4.90 Å². The second kappa shape index (κ2) is 6.31. The van der Waals surface area contributed by atoms with Gasteiger partial charge in [-0.25, -0.2) is 0 Å². The average Bonchev–Trinajstić information content (AvgIpc) is 2.31. The molecule has 17 heavy (non-hydrogen) atoms. The zero-order valence-corrected chi connectivity index (χ0v) is 11.3. The minimum Gasteiger partial charge on any atom is -0.288 e. The number of hydrogen-bond donors (Lipinski definition) is 0. The van der Waals surface area contributed by atoms with Crippen LogP contribution in [0.2, 0.25) is 0 Å². The number of hydrogen-bond acceptors (Lipinski definition) is 4. The second-order valence-electron chi connectivity index (χ2n) is 3.93. The van der Waals surface area contributed by atoms with Crippen molar-refractivity contribution >= 4 is 10.2 Å². The Hall–Kier alpha value is -0.680. The maximum atomic E-state index is 12.2. The monoisotopic (exact) mass is 260 g/mol. The van der Waals surface area contributed by atoms with Gasteiger partial charge in [0.05, 0.1) is 12.6 Å². The van der Waals surface area contributed by atoms with Gasteiger partial charge in [0.1, 0.15) is 0 Å². The van der Waals surface area contributed by atoms with Crippen LogP contribution in [0.1, 0.15) is 13.8 Å². The number of nitriles is 1. The van der Waals surface area contributed by atoms with Gasteiger partial charge in [-0.2, -0.15) is 22.3 Å². The molecule has 0 aliphatic carbocycles. The van der Waals surface area contributed by atoms with Gasteiger partial charge in [0.15, 0.2) is 0 Å². The van der Waals surface area contributed by atoms with Crippen molar-refractivity contribution in [2.24, 2.45) is 0 Å². The molecule has 0 saturated carbocycles. The van der Waals surface area contributed by atoms with Crippen LogP contribution < -0.4 is 0 Å². The summed E-state index contributed by atoms with van der Waals surface area (Å²) in [6.45, 7) is 7.26. The molecule has 1 aliphatic rings. The molecule has 1 saturated heterocycles. The topological polar surface area (TPSA) is 67.7 Å². The van der Waals surface area contributed by atoms with E-state index in [0.29, 0.717) is 45.8 Å². The predicted molar refractivity (Wildman–Crippen MR) is 65.5 cm³/mol. The summed E-state index contributed by atoms with van der Waals surface area (Å²) in [5.74, 6) is 0. The number of rotatable bonds is 5. The van der Waals surface area contributed by atoms with Crippen molar-refractivity contribution in [2.75, 3.05) is 45.8 Å². The van der Waals surface area contributed by atoms with E-state index in [4.69, 9.17) is 5.26 Å². The van der Waals surface area contributed by atoms with Crippen LogP contribution in [-0.2, 0) is 10.2 Å². The minimum atomic E-state index is -3.31. The van der Waals surface area contributed by atoms with Crippen molar-refractivity contribution in [1.82, 2.24) is 13.5 Å². The highest BCUT2D eigenvalue weighted by Crippen LogP contribution is 2.11. The Morgan fingerprint density at radius 1 is 1.18 bits per heavy atom. The van der Waals surface area contributed by atoms with Crippen LogP contribution >= 0.6 is 0 Å². The summed E-state index contributed by atoms with van der Waals surface area (Å²) in [5, 5.41) is 8.58. The average molecular weight is 260 g/mol. The molecule has 1 aliphatic heterocycles. The first kappa shape index (κ1) is 14.4. The van der Waals surface area contributed by atoms with Crippen LogP contribution in [0.5, 0.6) is 0 Å². The lowest BCUT2D eigenvalue weighted by Gasteiger charge is -2.35. The molecule has 98 valence electrons. The molecule has 0 N–H and O–H groups in total. The first-order valence-corrected chi connectivity index (χ1v) is 7.30. The first-order valence-electron chi connectivity index (χ1n) is 5.90. The largest absolute Gasteiger partial charge is 0.288 e. The summed E-state index contributed by atoms with van der Waals surface area (Å²) in [7, 11) is -3.31. The summed E-state index contributed by atoms with van der Waals surface area (Å²) in [4.78, 5) is 1.97. The molecule has 0 unspecified atom stereocenters. The fourth-order valence-corrected chi connectivity index (χ4v) is 3.54. The lowest BCUT2D eigenvalue weighted by molar-refractivity contribution is 0.198. The molecule has 0 bridgehead atoms. The highest BCUT2D eigenvalue weighted by Gasteiger charge is 2.30. The van der Waals surface area contributed by atoms with Gasteiger partial charge in [0.2, 0.25) is 0 Å². The van der Waals surface area contributed by atoms with Gasteiger partial charge in [-0.05, 0) is 0 Å². The van der Waals surface area contributed by atoms with Gasteiger partial charge in [0, 0.05) is 39.3 Å². The molecule has 1 heterocycles. The third-order valence-electron chi connectivity index (χ3n) is 2.98. The van der Waals surface area contributed by atoms with Gasteiger partial charge < -0.3 is 0 Å². The van der Waals surface area contributed by atoms with E-state index in [9.17, 15) is 8.42 Å². The van der Waals surface area contributed by atoms with Crippen molar-refractivity contribution in [3.63, 3.8) is 0 Å². The third-order valence-corrected chi connectivity index (χ3v) is 5.17. The lowest BCUT2D eigenvalue weighted by Crippen LogP contribution is -2.52. The highest BCUT2D eigenvalue weighted by atomic mass is 32.2. The summed E-state index contributed by atoms with van der Waals surface area (Å²) < 4.78 is 27.3. The molecule has 0 radical (unpaired) electrons. The lowest BCUT2D eigenvalue weighted by atomic mass is 10.4. The van der Waals surface area contributed by atoms with E-state index in [2.05, 4.69) is 6.07 Å². The Labute approximate surface area is 104 Å². The Balaban J connectivity index is 2.62. The van der Waals surface area contributed by atoms with E-state index >= 15 is 0 Å². The maximum absolute atomic E-state index is 12.2. The zero-order valence-electron chi connectivity index (χ0n) is 10.5. The SMILES string of the molecule is CCN(CC)S(=O)(=O)N1CCN(CC#N)CC1. The molecule has 0 spiro atoms. The maximum Gasteiger partial charge on any atom is 0.282 e. The van der Waals surface area contributed by atoms with E-state index in [-0.39, 0.29) is 0 Å². The van der Waals surface area contributed by atoms with Crippen LogP contribution in [0.25, 0.3) is 0 Å². The molecular formula is C10H20N4O2S. The van der Waals surface area contributed by atoms with E-state index in [1.54, 1.807) is 0 Å². The molecule has 0 aromatic rings. The summed E-state index contributed by atoms with van der Waals surface area (Å²) in [6.07, 6.45) is 0. The molecule has 1 fully saturated rings. The third kappa shape index (κ3) is 3.39. The van der Waals surface area contributed by atoms with Gasteiger partial charge >= 0.3 is 0 Å². The molecule has 7 heteroatoms. The van der Waals surface area contributed by atoms with E-state index in [1.807, 2.05) is 18.7 Å². The Morgan fingerprint density at radius 3 is 2.12 bits per heavy atom. The van der Waals surface area contributed by atoms with Gasteiger partial charge in [-0.1, -0.05) is 13.8 Å². The smallest absolute Gasteiger partial charge is 0.282 e. The summed E-state index contributed by atoms with van der Waals surface area (Å²) >= 11 is 0. The van der Waals surface area contributed by atoms with Gasteiger partial charge in [-0.15, -0.1) is 0 Å². The predicted octanol–water partition coefficient (Wildman–Crippen LogP) is -0.286. The van der Waals surface area contributed by atoms with Crippen LogP contribution in [0.3, 0.4) is 0 Å². The number of nitrogens with zero attached hydrogens (tertiary/aromatic N) is 4. The Bertz CT molecular complexity index is 364. The zero-order chi connectivity index (χ0) is 12.9. The quantitative estimate of drug-likeness (QED) is 0.637. The minimum absolute atomic E-state index is 0.374. The van der Waals surface area contributed by atoms with Crippen molar-refractivity contribution < 1.29 is 8.42 Å². The normalized spacial score (nSPS) is 19.4. The molecule has 0 atom stereocenters. The van der Waals surface area contributed by atoms with Crippen molar-refractivity contribution in [2.45, 2.75) is 13.8 Å². The standard InChI is InChI=1S/C10H20N4O2S/c1-3-13(4-2)17(15,16)14-9-7-12(6-5-11)8-10-14/h3-4,6-10H2,1-2H3. The van der Waals surface area contributed by atoms with Crippen LogP contribution in [0, 0.1) is 11.3 Å². The van der Waals surface area contributed by atoms with E-state index in [0.717, 1.165) is 0 Å². The fraction of sp³-hybridized carbons (Fsp3) is 0.900. The first-order chi connectivity index (χ1) is 8.06.